The van der Waals surface area contributed by atoms with Crippen LogP contribution in [0.5, 0.6) is 0 Å². The highest BCUT2D eigenvalue weighted by molar-refractivity contribution is 5.82. The summed E-state index contributed by atoms with van der Waals surface area (Å²) >= 11 is 0. The number of carbonyl (C=O) groups excluding carboxylic acids is 1. The van der Waals surface area contributed by atoms with Gasteiger partial charge in [0.05, 0.1) is 19.3 Å². The molecule has 18 heavy (non-hydrogen) atoms. The summed E-state index contributed by atoms with van der Waals surface area (Å²) in [5, 5.41) is 0. The minimum absolute atomic E-state index is 0.0134. The molecular weight excluding hydrogens is 230 g/mol. The van der Waals surface area contributed by atoms with Crippen LogP contribution in [0.4, 0.5) is 0 Å². The molecule has 1 aromatic carbocycles. The molecule has 1 aromatic rings. The molecule has 1 fully saturated rings. The minimum atomic E-state index is -0.522. The fourth-order valence-electron chi connectivity index (χ4n) is 2.21. The van der Waals surface area contributed by atoms with E-state index in [0.29, 0.717) is 19.8 Å². The maximum atomic E-state index is 12.5. The molecule has 2 rings (SSSR count). The van der Waals surface area contributed by atoms with Crippen molar-refractivity contribution in [3.8, 4) is 0 Å². The first kappa shape index (κ1) is 13.1. The normalized spacial score (nSPS) is 21.7. The van der Waals surface area contributed by atoms with E-state index in [-0.39, 0.29) is 11.9 Å². The van der Waals surface area contributed by atoms with E-state index < -0.39 is 6.10 Å². The molecule has 4 heteroatoms. The Morgan fingerprint density at radius 2 is 2.17 bits per heavy atom. The van der Waals surface area contributed by atoms with Crippen LogP contribution in [-0.4, -0.2) is 43.7 Å². The molecule has 1 aliphatic rings. The quantitative estimate of drug-likeness (QED) is 0.817. The van der Waals surface area contributed by atoms with E-state index in [4.69, 9.17) is 9.47 Å². The highest BCUT2D eigenvalue weighted by Crippen LogP contribution is 2.21. The number of rotatable bonds is 3. The number of morpholine rings is 1. The Labute approximate surface area is 107 Å². The first-order chi connectivity index (χ1) is 8.74. The molecule has 1 amide bonds. The molecule has 1 heterocycles. The topological polar surface area (TPSA) is 38.8 Å². The van der Waals surface area contributed by atoms with Gasteiger partial charge in [-0.25, -0.2) is 0 Å². The number of nitrogens with zero attached hydrogens (tertiary/aromatic N) is 1. The maximum absolute atomic E-state index is 12.5. The maximum Gasteiger partial charge on any atom is 0.256 e. The minimum Gasteiger partial charge on any atom is -0.377 e. The number of hydrogen-bond acceptors (Lipinski definition) is 3. The van der Waals surface area contributed by atoms with E-state index in [1.54, 1.807) is 7.11 Å². The van der Waals surface area contributed by atoms with Crippen LogP contribution in [0, 0.1) is 0 Å². The molecular formula is C14H19NO3. The van der Waals surface area contributed by atoms with E-state index in [9.17, 15) is 4.79 Å². The van der Waals surface area contributed by atoms with Gasteiger partial charge in [0.15, 0.2) is 6.10 Å². The van der Waals surface area contributed by atoms with E-state index in [1.807, 2.05) is 42.2 Å². The third kappa shape index (κ3) is 2.71. The number of methoxy groups -OCH3 is 1. The molecule has 1 aliphatic heterocycles. The Morgan fingerprint density at radius 1 is 1.44 bits per heavy atom. The Hall–Kier alpha value is -1.39. The highest BCUT2D eigenvalue weighted by atomic mass is 16.5. The number of ether oxygens (including phenoxy) is 2. The van der Waals surface area contributed by atoms with Crippen LogP contribution >= 0.6 is 0 Å². The molecule has 0 aromatic heterocycles. The third-order valence-electron chi connectivity index (χ3n) is 3.21. The predicted molar refractivity (Wildman–Crippen MR) is 68.2 cm³/mol. The van der Waals surface area contributed by atoms with Crippen molar-refractivity contribution in [3.05, 3.63) is 35.9 Å². The van der Waals surface area contributed by atoms with Crippen LogP contribution < -0.4 is 0 Å². The van der Waals surface area contributed by atoms with Crippen molar-refractivity contribution in [3.63, 3.8) is 0 Å². The van der Waals surface area contributed by atoms with Crippen molar-refractivity contribution in [2.24, 2.45) is 0 Å². The van der Waals surface area contributed by atoms with E-state index in [2.05, 4.69) is 0 Å². The Kier molecular flexibility index (Phi) is 4.33. The molecule has 0 radical (unpaired) electrons. The Bertz CT molecular complexity index is 393. The van der Waals surface area contributed by atoms with Crippen molar-refractivity contribution < 1.29 is 14.3 Å². The predicted octanol–water partition coefficient (Wildman–Crippen LogP) is 1.62. The van der Waals surface area contributed by atoms with Gasteiger partial charge < -0.3 is 14.4 Å². The number of benzene rings is 1. The molecule has 98 valence electrons. The zero-order valence-corrected chi connectivity index (χ0v) is 10.8. The van der Waals surface area contributed by atoms with Crippen LogP contribution in [0.3, 0.4) is 0 Å². The Balaban J connectivity index is 2.15. The van der Waals surface area contributed by atoms with E-state index >= 15 is 0 Å². The summed E-state index contributed by atoms with van der Waals surface area (Å²) in [6, 6.07) is 9.69. The van der Waals surface area contributed by atoms with Crippen molar-refractivity contribution in [1.29, 1.82) is 0 Å². The van der Waals surface area contributed by atoms with Crippen molar-refractivity contribution in [1.82, 2.24) is 4.90 Å². The zero-order chi connectivity index (χ0) is 13.0. The van der Waals surface area contributed by atoms with E-state index in [0.717, 1.165) is 5.56 Å². The summed E-state index contributed by atoms with van der Waals surface area (Å²) in [4.78, 5) is 14.3. The lowest BCUT2D eigenvalue weighted by atomic mass is 10.1. The molecule has 0 N–H and O–H groups in total. The monoisotopic (exact) mass is 249 g/mol. The lowest BCUT2D eigenvalue weighted by Gasteiger charge is -2.35. The first-order valence-electron chi connectivity index (χ1n) is 6.20. The second-order valence-corrected chi connectivity index (χ2v) is 4.48. The molecule has 0 saturated carbocycles. The van der Waals surface area contributed by atoms with Gasteiger partial charge in [0.25, 0.3) is 5.91 Å². The van der Waals surface area contributed by atoms with Gasteiger partial charge in [-0.1, -0.05) is 30.3 Å². The molecule has 0 spiro atoms. The van der Waals surface area contributed by atoms with Gasteiger partial charge in [-0.2, -0.15) is 0 Å². The number of amides is 1. The SMILES string of the molecule is CO[C@H](C(=O)N1CCOC[C@@H]1C)c1ccccc1. The highest BCUT2D eigenvalue weighted by Gasteiger charge is 2.30. The molecule has 2 atom stereocenters. The van der Waals surface area contributed by atoms with Gasteiger partial charge in [0, 0.05) is 13.7 Å². The lowest BCUT2D eigenvalue weighted by molar-refractivity contribution is -0.150. The fraction of sp³-hybridized carbons (Fsp3) is 0.500. The summed E-state index contributed by atoms with van der Waals surface area (Å²) in [5.74, 6) is 0.0134. The van der Waals surface area contributed by atoms with Gasteiger partial charge in [-0.15, -0.1) is 0 Å². The van der Waals surface area contributed by atoms with Crippen molar-refractivity contribution in [2.75, 3.05) is 26.9 Å². The molecule has 0 unspecified atom stereocenters. The second-order valence-electron chi connectivity index (χ2n) is 4.48. The second kappa shape index (κ2) is 5.98. The van der Waals surface area contributed by atoms with Gasteiger partial charge in [0.1, 0.15) is 0 Å². The fourth-order valence-corrected chi connectivity index (χ4v) is 2.21. The van der Waals surface area contributed by atoms with Crippen LogP contribution in [0.1, 0.15) is 18.6 Å². The van der Waals surface area contributed by atoms with Crippen LogP contribution in [0.15, 0.2) is 30.3 Å². The number of hydrogen-bond donors (Lipinski definition) is 0. The van der Waals surface area contributed by atoms with Gasteiger partial charge >= 0.3 is 0 Å². The third-order valence-corrected chi connectivity index (χ3v) is 3.21. The summed E-state index contributed by atoms with van der Waals surface area (Å²) in [7, 11) is 1.57. The lowest BCUT2D eigenvalue weighted by Crippen LogP contribution is -2.49. The van der Waals surface area contributed by atoms with Crippen LogP contribution in [0.2, 0.25) is 0 Å². The summed E-state index contributed by atoms with van der Waals surface area (Å²) < 4.78 is 10.7. The zero-order valence-electron chi connectivity index (χ0n) is 10.8. The van der Waals surface area contributed by atoms with Crippen LogP contribution in [0.25, 0.3) is 0 Å². The van der Waals surface area contributed by atoms with Crippen LogP contribution in [-0.2, 0) is 14.3 Å². The van der Waals surface area contributed by atoms with Crippen molar-refractivity contribution >= 4 is 5.91 Å². The molecule has 0 aliphatic carbocycles. The van der Waals surface area contributed by atoms with Gasteiger partial charge in [0.2, 0.25) is 0 Å². The number of carbonyl (C=O) groups is 1. The largest absolute Gasteiger partial charge is 0.377 e. The summed E-state index contributed by atoms with van der Waals surface area (Å²) in [6.07, 6.45) is -0.522. The average Bonchev–Trinajstić information content (AvgIpc) is 2.41. The smallest absolute Gasteiger partial charge is 0.256 e. The standard InChI is InChI=1S/C14H19NO3/c1-11-10-18-9-8-15(11)14(16)13(17-2)12-6-4-3-5-7-12/h3-7,11,13H,8-10H2,1-2H3/t11-,13-/m0/s1. The molecule has 1 saturated heterocycles. The molecule has 0 bridgehead atoms. The Morgan fingerprint density at radius 3 is 2.78 bits per heavy atom. The van der Waals surface area contributed by atoms with Crippen molar-refractivity contribution in [2.45, 2.75) is 19.1 Å². The average molecular weight is 249 g/mol. The van der Waals surface area contributed by atoms with Gasteiger partial charge in [-0.3, -0.25) is 4.79 Å². The van der Waals surface area contributed by atoms with E-state index in [1.165, 1.54) is 0 Å². The summed E-state index contributed by atoms with van der Waals surface area (Å²) in [6.45, 7) is 3.82. The first-order valence-corrected chi connectivity index (χ1v) is 6.20. The van der Waals surface area contributed by atoms with Gasteiger partial charge in [-0.05, 0) is 12.5 Å². The summed E-state index contributed by atoms with van der Waals surface area (Å²) in [5.41, 5.74) is 0.892. The molecule has 4 nitrogen and oxygen atoms in total.